The molecule has 1 fully saturated rings. The van der Waals surface area contributed by atoms with Gasteiger partial charge in [-0.2, -0.15) is 0 Å². The number of benzene rings is 3. The first-order valence-electron chi connectivity index (χ1n) is 9.93. The van der Waals surface area contributed by atoms with E-state index < -0.39 is 11.6 Å². The lowest BCUT2D eigenvalue weighted by atomic mass is 9.96. The fourth-order valence-corrected chi connectivity index (χ4v) is 3.81. The predicted molar refractivity (Wildman–Crippen MR) is 110 cm³/mol. The van der Waals surface area contributed by atoms with Gasteiger partial charge in [-0.3, -0.25) is 4.90 Å². The highest BCUT2D eigenvalue weighted by molar-refractivity contribution is 5.39. The fraction of sp³-hybridized carbons (Fsp3) is 0.250. The lowest BCUT2D eigenvalue weighted by molar-refractivity contribution is 0.236. The van der Waals surface area contributed by atoms with Crippen LogP contribution in [-0.4, -0.2) is 31.1 Å². The fourth-order valence-electron chi connectivity index (χ4n) is 3.81. The van der Waals surface area contributed by atoms with E-state index in [2.05, 4.69) is 10.2 Å². The molecule has 0 aliphatic carbocycles. The van der Waals surface area contributed by atoms with Gasteiger partial charge in [0.2, 0.25) is 0 Å². The molecular weight excluding hydrogens is 370 g/mol. The van der Waals surface area contributed by atoms with Gasteiger partial charge in [0, 0.05) is 31.3 Å². The lowest BCUT2D eigenvalue weighted by Crippen LogP contribution is -2.33. The van der Waals surface area contributed by atoms with E-state index in [4.69, 9.17) is 4.74 Å². The monoisotopic (exact) mass is 394 g/mol. The number of para-hydroxylation sites is 1. The Hall–Kier alpha value is -2.76. The summed E-state index contributed by atoms with van der Waals surface area (Å²) in [6.07, 6.45) is 0.972. The molecule has 0 saturated carbocycles. The van der Waals surface area contributed by atoms with Crippen LogP contribution in [0.5, 0.6) is 11.5 Å². The Morgan fingerprint density at radius 3 is 2.48 bits per heavy atom. The van der Waals surface area contributed by atoms with E-state index in [-0.39, 0.29) is 6.04 Å². The molecule has 4 rings (SSSR count). The molecule has 1 aliphatic heterocycles. The third-order valence-corrected chi connectivity index (χ3v) is 5.15. The van der Waals surface area contributed by atoms with Gasteiger partial charge in [0.15, 0.2) is 0 Å². The number of nitrogens with zero attached hydrogens (tertiary/aromatic N) is 1. The molecule has 1 saturated heterocycles. The van der Waals surface area contributed by atoms with Crippen molar-refractivity contribution in [3.63, 3.8) is 0 Å². The molecule has 3 aromatic carbocycles. The van der Waals surface area contributed by atoms with Crippen LogP contribution in [-0.2, 0) is 0 Å². The zero-order valence-corrected chi connectivity index (χ0v) is 16.2. The van der Waals surface area contributed by atoms with Crippen LogP contribution in [0.4, 0.5) is 8.78 Å². The molecule has 1 aliphatic rings. The van der Waals surface area contributed by atoms with Gasteiger partial charge in [-0.25, -0.2) is 8.78 Å². The van der Waals surface area contributed by atoms with E-state index in [1.165, 1.54) is 6.07 Å². The minimum Gasteiger partial charge on any atom is -0.457 e. The average molecular weight is 394 g/mol. The second kappa shape index (κ2) is 9.16. The predicted octanol–water partition coefficient (Wildman–Crippen LogP) is 5.14. The molecule has 1 N–H and O–H groups in total. The van der Waals surface area contributed by atoms with Crippen molar-refractivity contribution < 1.29 is 13.5 Å². The Balaban J connectivity index is 1.71. The van der Waals surface area contributed by atoms with E-state index in [9.17, 15) is 8.78 Å². The summed E-state index contributed by atoms with van der Waals surface area (Å²) in [4.78, 5) is 2.25. The number of hydrogen-bond acceptors (Lipinski definition) is 3. The Morgan fingerprint density at radius 2 is 1.66 bits per heavy atom. The van der Waals surface area contributed by atoms with Gasteiger partial charge in [-0.15, -0.1) is 0 Å². The maximum absolute atomic E-state index is 14.8. The molecule has 150 valence electrons. The highest BCUT2D eigenvalue weighted by Gasteiger charge is 2.26. The Morgan fingerprint density at radius 1 is 0.828 bits per heavy atom. The third kappa shape index (κ3) is 4.81. The van der Waals surface area contributed by atoms with Gasteiger partial charge in [-0.05, 0) is 48.9 Å². The van der Waals surface area contributed by atoms with Crippen molar-refractivity contribution in [2.75, 3.05) is 26.2 Å². The molecule has 29 heavy (non-hydrogen) atoms. The average Bonchev–Trinajstić information content (AvgIpc) is 3.00. The molecule has 0 radical (unpaired) electrons. The van der Waals surface area contributed by atoms with Gasteiger partial charge >= 0.3 is 0 Å². The van der Waals surface area contributed by atoms with Crippen molar-refractivity contribution in [3.8, 4) is 11.5 Å². The van der Waals surface area contributed by atoms with Crippen molar-refractivity contribution >= 4 is 0 Å². The summed E-state index contributed by atoms with van der Waals surface area (Å²) in [5.74, 6) is 0.340. The van der Waals surface area contributed by atoms with Gasteiger partial charge in [0.25, 0.3) is 0 Å². The van der Waals surface area contributed by atoms with Crippen molar-refractivity contribution in [2.24, 2.45) is 0 Å². The molecule has 0 aromatic heterocycles. The van der Waals surface area contributed by atoms with Crippen LogP contribution in [0.1, 0.15) is 23.6 Å². The molecule has 0 amide bonds. The van der Waals surface area contributed by atoms with Crippen molar-refractivity contribution in [2.45, 2.75) is 12.5 Å². The van der Waals surface area contributed by atoms with Crippen LogP contribution in [0.25, 0.3) is 0 Å². The summed E-state index contributed by atoms with van der Waals surface area (Å²) in [6, 6.07) is 20.8. The van der Waals surface area contributed by atoms with Gasteiger partial charge < -0.3 is 10.1 Å². The quantitative estimate of drug-likeness (QED) is 0.648. The van der Waals surface area contributed by atoms with Crippen LogP contribution < -0.4 is 10.1 Å². The summed E-state index contributed by atoms with van der Waals surface area (Å²) in [5.41, 5.74) is 1.40. The zero-order chi connectivity index (χ0) is 20.1. The summed E-state index contributed by atoms with van der Waals surface area (Å²) >= 11 is 0. The normalized spacial score (nSPS) is 16.2. The summed E-state index contributed by atoms with van der Waals surface area (Å²) in [5, 5.41) is 3.38. The molecule has 1 heterocycles. The Bertz CT molecular complexity index is 941. The second-order valence-electron chi connectivity index (χ2n) is 7.20. The molecule has 0 bridgehead atoms. The molecule has 5 heteroatoms. The Kier molecular flexibility index (Phi) is 6.17. The largest absolute Gasteiger partial charge is 0.457 e. The number of nitrogens with one attached hydrogen (secondary N) is 1. The standard InChI is InChI=1S/C24H24F2N2O/c25-19-10-11-22(23(26)17-19)24(28-14-5-12-27-13-15-28)18-6-4-9-21(16-18)29-20-7-2-1-3-8-20/h1-4,6-11,16-17,24,27H,5,12-15H2. The van der Waals surface area contributed by atoms with E-state index in [1.54, 1.807) is 6.07 Å². The van der Waals surface area contributed by atoms with Crippen molar-refractivity contribution in [1.29, 1.82) is 0 Å². The van der Waals surface area contributed by atoms with Crippen LogP contribution in [0.3, 0.4) is 0 Å². The van der Waals surface area contributed by atoms with Crippen LogP contribution in [0.15, 0.2) is 72.8 Å². The van der Waals surface area contributed by atoms with E-state index in [0.29, 0.717) is 11.3 Å². The number of halogens is 2. The molecule has 1 atom stereocenters. The van der Waals surface area contributed by atoms with E-state index >= 15 is 0 Å². The van der Waals surface area contributed by atoms with Crippen LogP contribution in [0.2, 0.25) is 0 Å². The minimum atomic E-state index is -0.566. The SMILES string of the molecule is Fc1ccc(C(c2cccc(Oc3ccccc3)c2)N2CCCNCC2)c(F)c1. The van der Waals surface area contributed by atoms with Gasteiger partial charge in [0.05, 0.1) is 6.04 Å². The second-order valence-corrected chi connectivity index (χ2v) is 7.20. The number of rotatable bonds is 5. The topological polar surface area (TPSA) is 24.5 Å². The Labute approximate surface area is 169 Å². The zero-order valence-electron chi connectivity index (χ0n) is 16.2. The van der Waals surface area contributed by atoms with Gasteiger partial charge in [0.1, 0.15) is 23.1 Å². The number of hydrogen-bond donors (Lipinski definition) is 1. The molecular formula is C24H24F2N2O. The van der Waals surface area contributed by atoms with E-state index in [1.807, 2.05) is 54.6 Å². The molecule has 1 unspecified atom stereocenters. The highest BCUT2D eigenvalue weighted by Crippen LogP contribution is 2.34. The maximum Gasteiger partial charge on any atom is 0.131 e. The third-order valence-electron chi connectivity index (χ3n) is 5.15. The number of ether oxygens (including phenoxy) is 1. The first-order valence-corrected chi connectivity index (χ1v) is 9.93. The minimum absolute atomic E-state index is 0.310. The van der Waals surface area contributed by atoms with Crippen LogP contribution >= 0.6 is 0 Å². The molecule has 0 spiro atoms. The first kappa shape index (κ1) is 19.6. The molecule has 3 nitrogen and oxygen atoms in total. The highest BCUT2D eigenvalue weighted by atomic mass is 19.1. The molecule has 3 aromatic rings. The summed E-state index contributed by atoms with van der Waals surface area (Å²) in [6.45, 7) is 3.38. The van der Waals surface area contributed by atoms with Crippen molar-refractivity contribution in [1.82, 2.24) is 10.2 Å². The maximum atomic E-state index is 14.8. The summed E-state index contributed by atoms with van der Waals surface area (Å²) < 4.78 is 34.3. The van der Waals surface area contributed by atoms with Crippen molar-refractivity contribution in [3.05, 3.63) is 95.6 Å². The smallest absolute Gasteiger partial charge is 0.131 e. The summed E-state index contributed by atoms with van der Waals surface area (Å²) in [7, 11) is 0. The first-order chi connectivity index (χ1) is 14.2. The lowest BCUT2D eigenvalue weighted by Gasteiger charge is -2.31. The van der Waals surface area contributed by atoms with Gasteiger partial charge in [-0.1, -0.05) is 36.4 Å². The van der Waals surface area contributed by atoms with Crippen LogP contribution in [0, 0.1) is 11.6 Å². The van der Waals surface area contributed by atoms with E-state index in [0.717, 1.165) is 50.0 Å².